The fourth-order valence-corrected chi connectivity index (χ4v) is 13.4. The van der Waals surface area contributed by atoms with E-state index >= 15 is 0 Å². The van der Waals surface area contributed by atoms with E-state index < -0.39 is 59.8 Å². The highest BCUT2D eigenvalue weighted by Crippen LogP contribution is 2.33. The van der Waals surface area contributed by atoms with Crippen LogP contribution in [0, 0.1) is 0 Å². The van der Waals surface area contributed by atoms with Crippen molar-refractivity contribution < 1.29 is 90.6 Å². The summed E-state index contributed by atoms with van der Waals surface area (Å²) in [6.07, 6.45) is 6.65. The number of aliphatic hydroxyl groups excluding tert-OH is 4. The molecule has 96 heavy (non-hydrogen) atoms. The Hall–Kier alpha value is -6.12. The molecule has 4 atom stereocenters. The highest BCUT2D eigenvalue weighted by Gasteiger charge is 2.20. The van der Waals surface area contributed by atoms with Crippen molar-refractivity contribution in [2.24, 2.45) is 9.98 Å². The van der Waals surface area contributed by atoms with Gasteiger partial charge in [-0.15, -0.1) is 47.9 Å². The number of rotatable bonds is 37. The SMILES string of the molecule is CCC(O)CCCC(O)COCCN(CCOCC(O)CCCC(O)COCCN(CCOC)CCc1ccc2sc3cc(=Nc4ccccc4S(=O)(=O)O)ccc-3nc2c1)CCc1cc2nc3ccccc3sc-2cc1=NC1=CC(S(=O)(=O)O)=CCC1.O=S(=O)=O.O=S(=O)=O. The van der Waals surface area contributed by atoms with Crippen LogP contribution in [0.25, 0.3) is 41.6 Å². The summed E-state index contributed by atoms with van der Waals surface area (Å²) >= 11 is 3.16. The summed E-state index contributed by atoms with van der Waals surface area (Å²) in [7, 11) is -13.4. The number of allylic oxidation sites excluding steroid dienone is 3. The van der Waals surface area contributed by atoms with Crippen molar-refractivity contribution in [3.8, 4) is 21.1 Å². The van der Waals surface area contributed by atoms with Crippen molar-refractivity contribution in [2.75, 3.05) is 92.6 Å². The summed E-state index contributed by atoms with van der Waals surface area (Å²) in [6.45, 7) is 7.69. The van der Waals surface area contributed by atoms with E-state index in [-0.39, 0.29) is 41.4 Å². The van der Waals surface area contributed by atoms with Crippen LogP contribution in [0.1, 0.15) is 75.8 Å². The quantitative estimate of drug-likeness (QED) is 0.0143. The van der Waals surface area contributed by atoms with E-state index in [0.717, 1.165) is 65.7 Å². The van der Waals surface area contributed by atoms with E-state index in [1.807, 2.05) is 55.5 Å². The minimum absolute atomic E-state index is 0.115. The number of hydrogen-bond acceptors (Lipinski definition) is 26. The molecule has 0 saturated heterocycles. The van der Waals surface area contributed by atoms with Crippen LogP contribution in [0.4, 0.5) is 5.69 Å². The van der Waals surface area contributed by atoms with Gasteiger partial charge in [-0.3, -0.25) is 23.9 Å². The number of para-hydroxylation sites is 2. The average Bonchev–Trinajstić information content (AvgIpc) is 0.776. The molecule has 0 fully saturated rings. The lowest BCUT2D eigenvalue weighted by Crippen LogP contribution is -2.34. The number of hydrogen-bond donors (Lipinski definition) is 6. The average molecular weight is 1450 g/mol. The molecule has 8 rings (SSSR count). The van der Waals surface area contributed by atoms with Gasteiger partial charge < -0.3 is 39.4 Å². The van der Waals surface area contributed by atoms with Gasteiger partial charge in [0.1, 0.15) is 4.90 Å². The zero-order valence-corrected chi connectivity index (χ0v) is 58.1. The van der Waals surface area contributed by atoms with Gasteiger partial charge in [-0.2, -0.15) is 16.8 Å². The van der Waals surface area contributed by atoms with E-state index in [1.54, 1.807) is 41.9 Å². The van der Waals surface area contributed by atoms with Crippen LogP contribution in [0.3, 0.4) is 0 Å². The molecular weight excluding hydrogens is 1370 g/mol. The van der Waals surface area contributed by atoms with Crippen LogP contribution < -0.4 is 10.7 Å². The number of benzene rings is 5. The van der Waals surface area contributed by atoms with Crippen LogP contribution in [0.15, 0.2) is 135 Å². The molecule has 3 aliphatic carbocycles. The number of nitrogens with zero attached hydrogens (tertiary/aromatic N) is 6. The van der Waals surface area contributed by atoms with Gasteiger partial charge in [0.15, 0.2) is 0 Å². The number of ether oxygens (including phenoxy) is 4. The number of aliphatic hydroxyl groups is 4. The highest BCUT2D eigenvalue weighted by molar-refractivity contribution is 7.90. The van der Waals surface area contributed by atoms with Gasteiger partial charge in [0.25, 0.3) is 20.2 Å². The Kier molecular flexibility index (Phi) is 33.4. The van der Waals surface area contributed by atoms with Gasteiger partial charge in [-0.25, -0.2) is 15.0 Å². The molecule has 6 N–H and O–H groups in total. The maximum absolute atomic E-state index is 12.1. The lowest BCUT2D eigenvalue weighted by Gasteiger charge is -2.23. The largest absolute Gasteiger partial charge is 0.425 e. The summed E-state index contributed by atoms with van der Waals surface area (Å²) in [5, 5.41) is 43.5. The van der Waals surface area contributed by atoms with Crippen LogP contribution >= 0.6 is 22.7 Å². The van der Waals surface area contributed by atoms with Crippen molar-refractivity contribution in [3.63, 3.8) is 0 Å². The molecule has 3 aromatic carbocycles. The standard InChI is InChI=1S/C64H82N6O14S4.2O3S/c1-3-49(71)12-9-13-50(72)42-83-35-31-70(28-26-46-38-59-63(85-60-19-6-4-17-54(60)67-59)41-57(46)66-47-11-8-16-53(39-47)87(75,76)77)32-36-84-44-52(74)15-10-14-51(73)43-82-34-30-69(29-33-81-2)27-25-45-21-24-61-58(37-45)68-55-23-22-48(40-62(55)86-61)65-56-18-5-7-20-64(56)88(78,79)80;2*1-4(2)3/h4-7,16-24,37-41,49-52,71-74H,3,8-15,25-36,42-44H2,1-2H3,(H,75,76,77)(H,78,79,80);;. The van der Waals surface area contributed by atoms with Crippen LogP contribution in [0.5, 0.6) is 0 Å². The van der Waals surface area contributed by atoms with Crippen molar-refractivity contribution in [2.45, 2.75) is 107 Å². The summed E-state index contributed by atoms with van der Waals surface area (Å²) in [6, 6.07) is 29.7. The molecule has 5 aliphatic rings. The van der Waals surface area contributed by atoms with Gasteiger partial charge in [0.2, 0.25) is 0 Å². The molecular formula is C64H82N6O20S6. The lowest BCUT2D eigenvalue weighted by atomic mass is 10.1. The third-order valence-corrected chi connectivity index (χ3v) is 19.2. The Balaban J connectivity index is 0.00000172. The molecule has 524 valence electrons. The van der Waals surface area contributed by atoms with E-state index in [0.29, 0.717) is 140 Å². The first-order chi connectivity index (χ1) is 45.9. The second kappa shape index (κ2) is 40.7. The Morgan fingerprint density at radius 1 is 0.583 bits per heavy atom. The third kappa shape index (κ3) is 28.4. The summed E-state index contributed by atoms with van der Waals surface area (Å²) < 4.78 is 143. The summed E-state index contributed by atoms with van der Waals surface area (Å²) in [4.78, 5) is 25.2. The van der Waals surface area contributed by atoms with Gasteiger partial charge in [0, 0.05) is 52.1 Å². The molecule has 0 bridgehead atoms. The van der Waals surface area contributed by atoms with Crippen LogP contribution in [-0.2, 0) is 73.2 Å². The molecule has 2 heterocycles. The Labute approximate surface area is 569 Å². The molecule has 4 unspecified atom stereocenters. The van der Waals surface area contributed by atoms with Gasteiger partial charge in [-0.05, 0) is 155 Å². The number of methoxy groups -OCH3 is 1. The summed E-state index contributed by atoms with van der Waals surface area (Å²) in [5.74, 6) is 0. The highest BCUT2D eigenvalue weighted by atomic mass is 32.2. The molecule has 32 heteroatoms. The zero-order valence-electron chi connectivity index (χ0n) is 53.2. The van der Waals surface area contributed by atoms with Gasteiger partial charge in [-0.1, -0.05) is 43.3 Å². The number of aromatic nitrogens is 2. The minimum atomic E-state index is -4.44. The number of fused-ring (bicyclic) bond motifs is 4. The van der Waals surface area contributed by atoms with Gasteiger partial charge in [0.05, 0.1) is 134 Å². The molecule has 3 aromatic rings. The third-order valence-electron chi connectivity index (χ3n) is 15.2. The van der Waals surface area contributed by atoms with Crippen LogP contribution in [0.2, 0.25) is 0 Å². The second-order valence-corrected chi connectivity index (χ2v) is 28.2. The maximum atomic E-state index is 12.1. The normalized spacial score (nSPS) is 14.5. The van der Waals surface area contributed by atoms with Gasteiger partial charge >= 0.3 is 21.2 Å². The predicted octanol–water partition coefficient (Wildman–Crippen LogP) is 6.22. The first-order valence-corrected chi connectivity index (χ1v) is 37.5. The monoisotopic (exact) mass is 1450 g/mol. The molecule has 0 amide bonds. The topological polar surface area (TPSA) is 386 Å². The lowest BCUT2D eigenvalue weighted by molar-refractivity contribution is 0.00322. The van der Waals surface area contributed by atoms with Crippen LogP contribution in [-0.4, -0.2) is 208 Å². The summed E-state index contributed by atoms with van der Waals surface area (Å²) in [5.41, 5.74) is 6.03. The van der Waals surface area contributed by atoms with E-state index in [2.05, 4.69) is 33.0 Å². The first-order valence-electron chi connectivity index (χ1n) is 31.0. The van der Waals surface area contributed by atoms with E-state index in [1.165, 1.54) is 30.4 Å². The molecule has 0 spiro atoms. The zero-order chi connectivity index (χ0) is 69.6. The van der Waals surface area contributed by atoms with Crippen molar-refractivity contribution in [3.05, 3.63) is 142 Å². The second-order valence-electron chi connectivity index (χ2n) is 22.4. The van der Waals surface area contributed by atoms with E-state index in [9.17, 15) is 46.4 Å². The van der Waals surface area contributed by atoms with Crippen molar-refractivity contribution in [1.82, 2.24) is 19.8 Å². The maximum Gasteiger partial charge on any atom is 0.425 e. The molecule has 26 nitrogen and oxygen atoms in total. The Bertz CT molecular complexity index is 4210. The smallest absolute Gasteiger partial charge is 0.393 e. The Morgan fingerprint density at radius 3 is 1.72 bits per heavy atom. The molecule has 2 aliphatic heterocycles. The molecule has 0 radical (unpaired) electrons. The first kappa shape index (κ1) is 78.9. The Morgan fingerprint density at radius 2 is 1.12 bits per heavy atom. The van der Waals surface area contributed by atoms with E-state index in [4.69, 9.17) is 59.2 Å². The molecule has 0 aromatic heterocycles. The minimum Gasteiger partial charge on any atom is -0.393 e. The fraction of sp³-hybridized carbons (Fsp3) is 0.469. The predicted molar refractivity (Wildman–Crippen MR) is 363 cm³/mol. The van der Waals surface area contributed by atoms with Crippen molar-refractivity contribution in [1.29, 1.82) is 0 Å². The molecule has 0 saturated carbocycles. The fourth-order valence-electron chi connectivity index (χ4n) is 10.2. The van der Waals surface area contributed by atoms with Crippen molar-refractivity contribution >= 4 is 90.2 Å².